The Hall–Kier alpha value is 0.390. The van der Waals surface area contributed by atoms with E-state index < -0.39 is 0 Å². The third kappa shape index (κ3) is 3.22. The van der Waals surface area contributed by atoms with Crippen molar-refractivity contribution in [3.63, 3.8) is 0 Å². The summed E-state index contributed by atoms with van der Waals surface area (Å²) >= 11 is 9.60. The topological polar surface area (TPSA) is 9.23 Å². The van der Waals surface area contributed by atoms with Gasteiger partial charge in [-0.25, -0.2) is 4.39 Å². The van der Waals surface area contributed by atoms with Gasteiger partial charge in [0.05, 0.1) is 11.1 Å². The van der Waals surface area contributed by atoms with Crippen LogP contribution >= 0.6 is 47.8 Å². The first kappa shape index (κ1) is 11.5. The molecule has 13 heavy (non-hydrogen) atoms. The van der Waals surface area contributed by atoms with Gasteiger partial charge in [0.1, 0.15) is 0 Å². The number of alkyl halides is 1. The summed E-state index contributed by atoms with van der Waals surface area (Å²) in [6.45, 7) is 0.442. The summed E-state index contributed by atoms with van der Waals surface area (Å²) in [6, 6.07) is 3.11. The first-order valence-electron chi connectivity index (χ1n) is 3.48. The molecule has 0 amide bonds. The quantitative estimate of drug-likeness (QED) is 0.721. The van der Waals surface area contributed by atoms with Crippen LogP contribution in [0.2, 0.25) is 0 Å². The summed E-state index contributed by atoms with van der Waals surface area (Å²) in [4.78, 5) is 0. The molecule has 1 nitrogen and oxygen atoms in total. The Morgan fingerprint density at radius 2 is 2.00 bits per heavy atom. The van der Waals surface area contributed by atoms with E-state index in [4.69, 9.17) is 4.74 Å². The van der Waals surface area contributed by atoms with Crippen molar-refractivity contribution in [3.8, 4) is 5.75 Å². The molecule has 0 aliphatic rings. The summed E-state index contributed by atoms with van der Waals surface area (Å²) in [5.74, 6) is -0.121. The zero-order chi connectivity index (χ0) is 9.84. The monoisotopic (exact) mass is 374 g/mol. The molecule has 0 atom stereocenters. The molecule has 0 radical (unpaired) electrons. The van der Waals surface area contributed by atoms with Crippen LogP contribution in [0.3, 0.4) is 0 Å². The van der Waals surface area contributed by atoms with E-state index in [-0.39, 0.29) is 11.6 Å². The lowest BCUT2D eigenvalue weighted by molar-refractivity contribution is 0.323. The zero-order valence-corrected chi connectivity index (χ0v) is 11.2. The highest BCUT2D eigenvalue weighted by molar-refractivity contribution is 9.11. The second-order valence-corrected chi connectivity index (χ2v) is 4.80. The molecule has 0 heterocycles. The van der Waals surface area contributed by atoms with Gasteiger partial charge in [-0.15, -0.1) is 0 Å². The lowest BCUT2D eigenvalue weighted by Gasteiger charge is -2.07. The van der Waals surface area contributed by atoms with Crippen LogP contribution in [0.1, 0.15) is 0 Å². The fraction of sp³-hybridized carbons (Fsp3) is 0.250. The Morgan fingerprint density at radius 3 is 2.54 bits per heavy atom. The highest BCUT2D eigenvalue weighted by atomic mass is 79.9. The van der Waals surface area contributed by atoms with Crippen molar-refractivity contribution in [1.82, 2.24) is 0 Å². The van der Waals surface area contributed by atoms with Gasteiger partial charge in [-0.05, 0) is 28.1 Å². The Labute approximate surface area is 101 Å². The van der Waals surface area contributed by atoms with Gasteiger partial charge >= 0.3 is 0 Å². The first-order valence-corrected chi connectivity index (χ1v) is 6.19. The molecule has 72 valence electrons. The van der Waals surface area contributed by atoms with E-state index in [9.17, 15) is 4.39 Å². The second kappa shape index (κ2) is 5.32. The Bertz CT molecular complexity index is 280. The molecule has 0 N–H and O–H groups in total. The molecule has 0 spiro atoms. The van der Waals surface area contributed by atoms with E-state index in [0.29, 0.717) is 20.9 Å². The lowest BCUT2D eigenvalue weighted by Crippen LogP contribution is -2.00. The van der Waals surface area contributed by atoms with Gasteiger partial charge in [-0.2, -0.15) is 0 Å². The Kier molecular flexibility index (Phi) is 4.69. The molecule has 0 aromatic heterocycles. The van der Waals surface area contributed by atoms with Crippen LogP contribution in [0.15, 0.2) is 21.1 Å². The number of hydrogen-bond donors (Lipinski definition) is 0. The van der Waals surface area contributed by atoms with Crippen LogP contribution in [0.4, 0.5) is 4.39 Å². The SMILES string of the molecule is Fc1cc(Br)cc(Br)c1OCCBr. The third-order valence-corrected chi connectivity index (χ3v) is 2.66. The highest BCUT2D eigenvalue weighted by Gasteiger charge is 2.09. The fourth-order valence-corrected chi connectivity index (χ4v) is 2.26. The summed E-state index contributed by atoms with van der Waals surface area (Å²) < 4.78 is 19.7. The molecular weight excluding hydrogens is 371 g/mol. The van der Waals surface area contributed by atoms with Gasteiger partial charge in [-0.3, -0.25) is 0 Å². The van der Waals surface area contributed by atoms with Gasteiger partial charge in [0.15, 0.2) is 11.6 Å². The third-order valence-electron chi connectivity index (χ3n) is 1.29. The molecule has 0 bridgehead atoms. The molecule has 0 unspecified atom stereocenters. The minimum Gasteiger partial charge on any atom is -0.488 e. The van der Waals surface area contributed by atoms with E-state index in [2.05, 4.69) is 47.8 Å². The fourth-order valence-electron chi connectivity index (χ4n) is 0.807. The maximum absolute atomic E-state index is 13.2. The zero-order valence-electron chi connectivity index (χ0n) is 6.49. The van der Waals surface area contributed by atoms with Crippen LogP contribution in [-0.2, 0) is 0 Å². The van der Waals surface area contributed by atoms with Gasteiger partial charge < -0.3 is 4.74 Å². The van der Waals surface area contributed by atoms with Gasteiger partial charge in [0, 0.05) is 9.80 Å². The molecule has 1 aromatic carbocycles. The van der Waals surface area contributed by atoms with Crippen LogP contribution in [0, 0.1) is 5.82 Å². The van der Waals surface area contributed by atoms with Crippen molar-refractivity contribution in [2.24, 2.45) is 0 Å². The predicted molar refractivity (Wildman–Crippen MR) is 61.1 cm³/mol. The standard InChI is InChI=1S/C8H6Br3FO/c9-1-2-13-8-6(11)3-5(10)4-7(8)12/h3-4H,1-2H2. The molecule has 0 aliphatic heterocycles. The lowest BCUT2D eigenvalue weighted by atomic mass is 10.3. The summed E-state index contributed by atoms with van der Waals surface area (Å²) in [6.07, 6.45) is 0. The number of halogens is 4. The van der Waals surface area contributed by atoms with E-state index >= 15 is 0 Å². The van der Waals surface area contributed by atoms with E-state index in [1.54, 1.807) is 6.07 Å². The largest absolute Gasteiger partial charge is 0.488 e. The van der Waals surface area contributed by atoms with Crippen LogP contribution in [-0.4, -0.2) is 11.9 Å². The van der Waals surface area contributed by atoms with Gasteiger partial charge in [0.2, 0.25) is 0 Å². The van der Waals surface area contributed by atoms with Gasteiger partial charge in [0.25, 0.3) is 0 Å². The van der Waals surface area contributed by atoms with Crippen LogP contribution < -0.4 is 4.74 Å². The molecule has 0 saturated carbocycles. The van der Waals surface area contributed by atoms with Crippen molar-refractivity contribution in [2.45, 2.75) is 0 Å². The normalized spacial score (nSPS) is 10.2. The molecule has 0 aliphatic carbocycles. The van der Waals surface area contributed by atoms with Crippen molar-refractivity contribution in [1.29, 1.82) is 0 Å². The maximum Gasteiger partial charge on any atom is 0.169 e. The predicted octanol–water partition coefficient (Wildman–Crippen LogP) is 4.12. The second-order valence-electron chi connectivity index (χ2n) is 2.24. The average molecular weight is 377 g/mol. The van der Waals surface area contributed by atoms with Crippen molar-refractivity contribution >= 4 is 47.8 Å². The molecule has 1 aromatic rings. The average Bonchev–Trinajstić information content (AvgIpc) is 2.02. The molecule has 5 heteroatoms. The molecule has 0 fully saturated rings. The van der Waals surface area contributed by atoms with Crippen LogP contribution in [0.5, 0.6) is 5.75 Å². The number of hydrogen-bond acceptors (Lipinski definition) is 1. The smallest absolute Gasteiger partial charge is 0.169 e. The highest BCUT2D eigenvalue weighted by Crippen LogP contribution is 2.31. The number of ether oxygens (including phenoxy) is 1. The van der Waals surface area contributed by atoms with E-state index in [0.717, 1.165) is 0 Å². The molecular formula is C8H6Br3FO. The Balaban J connectivity index is 2.92. The molecule has 1 rings (SSSR count). The van der Waals surface area contributed by atoms with Crippen molar-refractivity contribution in [2.75, 3.05) is 11.9 Å². The van der Waals surface area contributed by atoms with Crippen molar-refractivity contribution in [3.05, 3.63) is 26.9 Å². The summed E-state index contributed by atoms with van der Waals surface area (Å²) in [5, 5.41) is 0.676. The van der Waals surface area contributed by atoms with Crippen molar-refractivity contribution < 1.29 is 9.13 Å². The summed E-state index contributed by atoms with van der Waals surface area (Å²) in [7, 11) is 0. The van der Waals surface area contributed by atoms with E-state index in [1.807, 2.05) is 0 Å². The first-order chi connectivity index (χ1) is 6.15. The maximum atomic E-state index is 13.2. The number of rotatable bonds is 3. The Morgan fingerprint density at radius 1 is 1.31 bits per heavy atom. The minimum absolute atomic E-state index is 0.252. The minimum atomic E-state index is -0.373. The molecule has 0 saturated heterocycles. The van der Waals surface area contributed by atoms with E-state index in [1.165, 1.54) is 6.07 Å². The van der Waals surface area contributed by atoms with Gasteiger partial charge in [-0.1, -0.05) is 31.9 Å². The number of benzene rings is 1. The van der Waals surface area contributed by atoms with Crippen LogP contribution in [0.25, 0.3) is 0 Å². The summed E-state index contributed by atoms with van der Waals surface area (Å²) in [5.41, 5.74) is 0.